The van der Waals surface area contributed by atoms with Crippen LogP contribution in [0, 0.1) is 5.92 Å². The predicted molar refractivity (Wildman–Crippen MR) is 84.6 cm³/mol. The highest BCUT2D eigenvalue weighted by atomic mass is 16.5. The van der Waals surface area contributed by atoms with Crippen LogP contribution in [0.1, 0.15) is 31.7 Å². The molecule has 6 nitrogen and oxygen atoms in total. The number of rotatable bonds is 4. The number of aliphatic hydroxyl groups is 1. The first-order valence-electron chi connectivity index (χ1n) is 8.01. The highest BCUT2D eigenvalue weighted by Crippen LogP contribution is 2.49. The molecule has 0 unspecified atom stereocenters. The number of fused-ring (bicyclic) bond motifs is 3. The minimum Gasteiger partial charge on any atom is -0.508 e. The van der Waals surface area contributed by atoms with Gasteiger partial charge in [-0.1, -0.05) is 18.2 Å². The molecule has 0 amide bonds. The molecule has 6 heteroatoms. The quantitative estimate of drug-likeness (QED) is 0.853. The van der Waals surface area contributed by atoms with E-state index in [0.717, 1.165) is 5.56 Å². The van der Waals surface area contributed by atoms with Gasteiger partial charge in [0.1, 0.15) is 11.5 Å². The first-order valence-corrected chi connectivity index (χ1v) is 8.01. The second-order valence-corrected chi connectivity index (χ2v) is 5.95. The van der Waals surface area contributed by atoms with Crippen LogP contribution in [0.2, 0.25) is 0 Å². The van der Waals surface area contributed by atoms with Gasteiger partial charge in [-0.05, 0) is 19.4 Å². The van der Waals surface area contributed by atoms with Gasteiger partial charge in [0, 0.05) is 24.3 Å². The maximum atomic E-state index is 12.2. The number of aliphatic hydroxyl groups excluding tert-OH is 1. The monoisotopic (exact) mass is 332 g/mol. The van der Waals surface area contributed by atoms with Gasteiger partial charge in [-0.25, -0.2) is 4.79 Å². The van der Waals surface area contributed by atoms with Crippen LogP contribution in [0.15, 0.2) is 35.6 Å². The second kappa shape index (κ2) is 6.55. The van der Waals surface area contributed by atoms with Crippen molar-refractivity contribution < 1.29 is 28.9 Å². The molecule has 2 aliphatic rings. The van der Waals surface area contributed by atoms with Gasteiger partial charge in [-0.2, -0.15) is 0 Å². The Morgan fingerprint density at radius 3 is 2.75 bits per heavy atom. The van der Waals surface area contributed by atoms with E-state index in [1.165, 1.54) is 6.92 Å². The summed E-state index contributed by atoms with van der Waals surface area (Å²) in [6.45, 7) is 3.43. The second-order valence-electron chi connectivity index (χ2n) is 5.95. The molecule has 0 spiro atoms. The van der Waals surface area contributed by atoms with Crippen LogP contribution in [0.25, 0.3) is 0 Å². The largest absolute Gasteiger partial charge is 0.508 e. The molecule has 0 bridgehead atoms. The van der Waals surface area contributed by atoms with E-state index in [1.54, 1.807) is 6.92 Å². The molecule has 1 heterocycles. The van der Waals surface area contributed by atoms with E-state index in [1.807, 2.05) is 24.3 Å². The minimum absolute atomic E-state index is 0.0891. The summed E-state index contributed by atoms with van der Waals surface area (Å²) in [5.74, 6) is -0.682. The lowest BCUT2D eigenvalue weighted by Crippen LogP contribution is -2.37. The van der Waals surface area contributed by atoms with Crippen molar-refractivity contribution in [2.75, 3.05) is 13.2 Å². The number of benzene rings is 1. The van der Waals surface area contributed by atoms with Gasteiger partial charge >= 0.3 is 11.9 Å². The van der Waals surface area contributed by atoms with Gasteiger partial charge in [0.2, 0.25) is 0 Å². The molecule has 0 radical (unpaired) electrons. The molecule has 1 aliphatic heterocycles. The van der Waals surface area contributed by atoms with Crippen LogP contribution in [-0.2, 0) is 19.1 Å². The summed E-state index contributed by atoms with van der Waals surface area (Å²) in [5.41, 5.74) is 1.15. The van der Waals surface area contributed by atoms with Crippen LogP contribution in [0.3, 0.4) is 0 Å². The fraction of sp³-hybridized carbons (Fsp3) is 0.444. The van der Waals surface area contributed by atoms with Gasteiger partial charge in [-0.3, -0.25) is 4.79 Å². The number of carbonyl (C=O) groups is 2. The lowest BCUT2D eigenvalue weighted by Gasteiger charge is -2.32. The summed E-state index contributed by atoms with van der Waals surface area (Å²) < 4.78 is 16.1. The van der Waals surface area contributed by atoms with Crippen molar-refractivity contribution in [2.24, 2.45) is 5.92 Å². The summed E-state index contributed by atoms with van der Waals surface area (Å²) in [5, 5.41) is 10.5. The van der Waals surface area contributed by atoms with Crippen molar-refractivity contribution >= 4 is 11.9 Å². The highest BCUT2D eigenvalue weighted by molar-refractivity contribution is 5.89. The van der Waals surface area contributed by atoms with Gasteiger partial charge in [0.05, 0.1) is 18.8 Å². The Bertz CT molecular complexity index is 693. The van der Waals surface area contributed by atoms with Crippen LogP contribution in [0.4, 0.5) is 0 Å². The predicted octanol–water partition coefficient (Wildman–Crippen LogP) is 2.49. The lowest BCUT2D eigenvalue weighted by molar-refractivity contribution is -0.143. The fourth-order valence-corrected chi connectivity index (χ4v) is 3.42. The van der Waals surface area contributed by atoms with Gasteiger partial charge in [0.15, 0.2) is 6.10 Å². The first kappa shape index (κ1) is 16.4. The van der Waals surface area contributed by atoms with Crippen LogP contribution < -0.4 is 4.74 Å². The summed E-state index contributed by atoms with van der Waals surface area (Å²) in [6, 6.07) is 7.51. The normalized spacial score (nSPS) is 24.7. The van der Waals surface area contributed by atoms with Gasteiger partial charge in [0.25, 0.3) is 0 Å². The summed E-state index contributed by atoms with van der Waals surface area (Å²) in [6.07, 6.45) is -0.382. The van der Waals surface area contributed by atoms with Crippen LogP contribution >= 0.6 is 0 Å². The topological polar surface area (TPSA) is 82.1 Å². The average Bonchev–Trinajstić information content (AvgIpc) is 2.94. The maximum Gasteiger partial charge on any atom is 0.337 e. The molecular formula is C18H20O6. The molecule has 0 saturated carbocycles. The number of para-hydroxylation sites is 1. The van der Waals surface area contributed by atoms with E-state index in [2.05, 4.69) is 0 Å². The third kappa shape index (κ3) is 2.84. The van der Waals surface area contributed by atoms with Crippen molar-refractivity contribution in [1.29, 1.82) is 0 Å². The zero-order valence-electron chi connectivity index (χ0n) is 13.7. The third-order valence-electron chi connectivity index (χ3n) is 4.43. The van der Waals surface area contributed by atoms with Crippen molar-refractivity contribution in [3.8, 4) is 5.75 Å². The Hall–Kier alpha value is -2.50. The van der Waals surface area contributed by atoms with Gasteiger partial charge in [-0.15, -0.1) is 0 Å². The molecule has 128 valence electrons. The number of hydrogen-bond donors (Lipinski definition) is 1. The molecule has 0 aromatic heterocycles. The zero-order chi connectivity index (χ0) is 17.3. The highest BCUT2D eigenvalue weighted by Gasteiger charge is 2.48. The van der Waals surface area contributed by atoms with Gasteiger partial charge < -0.3 is 19.3 Å². The van der Waals surface area contributed by atoms with E-state index in [9.17, 15) is 14.7 Å². The molecule has 1 N–H and O–H groups in total. The smallest absolute Gasteiger partial charge is 0.337 e. The Kier molecular flexibility index (Phi) is 4.46. The molecule has 3 rings (SSSR count). The molecule has 0 fully saturated rings. The van der Waals surface area contributed by atoms with Crippen LogP contribution in [-0.4, -0.2) is 36.4 Å². The van der Waals surface area contributed by atoms with E-state index < -0.39 is 12.1 Å². The molecule has 24 heavy (non-hydrogen) atoms. The van der Waals surface area contributed by atoms with Crippen molar-refractivity contribution in [3.05, 3.63) is 41.2 Å². The number of esters is 2. The Morgan fingerprint density at radius 1 is 1.29 bits per heavy atom. The summed E-state index contributed by atoms with van der Waals surface area (Å²) in [7, 11) is 0. The SMILES string of the molecule is CCOC(=O)C1=C(O)[C@@H]2Oc3ccccc3[C@@H]2[C@@H](COC(C)=O)C1. The molecule has 0 saturated heterocycles. The summed E-state index contributed by atoms with van der Waals surface area (Å²) >= 11 is 0. The molecule has 1 aromatic carbocycles. The average molecular weight is 332 g/mol. The van der Waals surface area contributed by atoms with E-state index in [-0.39, 0.29) is 48.8 Å². The minimum atomic E-state index is -0.656. The van der Waals surface area contributed by atoms with E-state index in [0.29, 0.717) is 5.75 Å². The Balaban J connectivity index is 1.97. The Morgan fingerprint density at radius 2 is 2.04 bits per heavy atom. The van der Waals surface area contributed by atoms with Crippen molar-refractivity contribution in [1.82, 2.24) is 0 Å². The molecule has 1 aliphatic carbocycles. The van der Waals surface area contributed by atoms with E-state index in [4.69, 9.17) is 14.2 Å². The molecule has 3 atom stereocenters. The third-order valence-corrected chi connectivity index (χ3v) is 4.43. The van der Waals surface area contributed by atoms with Crippen LogP contribution in [0.5, 0.6) is 5.75 Å². The number of hydrogen-bond acceptors (Lipinski definition) is 6. The number of carbonyl (C=O) groups excluding carboxylic acids is 2. The van der Waals surface area contributed by atoms with E-state index >= 15 is 0 Å². The maximum absolute atomic E-state index is 12.2. The molecule has 1 aromatic rings. The first-order chi connectivity index (χ1) is 11.5. The zero-order valence-corrected chi connectivity index (χ0v) is 13.7. The Labute approximate surface area is 140 Å². The van der Waals surface area contributed by atoms with Crippen molar-refractivity contribution in [2.45, 2.75) is 32.3 Å². The molecular weight excluding hydrogens is 312 g/mol. The number of ether oxygens (including phenoxy) is 3. The fourth-order valence-electron chi connectivity index (χ4n) is 3.42. The lowest BCUT2D eigenvalue weighted by atomic mass is 9.74. The summed E-state index contributed by atoms with van der Waals surface area (Å²) in [4.78, 5) is 23.4. The van der Waals surface area contributed by atoms with Crippen molar-refractivity contribution in [3.63, 3.8) is 0 Å². The standard InChI is InChI=1S/C18H20O6/c1-3-22-18(21)13-8-11(9-23-10(2)19)15-12-6-4-5-7-14(12)24-17(15)16(13)20/h4-7,11,15,17,20H,3,8-9H2,1-2H3/t11-,15+,17-/m1/s1.